The molecule has 0 aliphatic carbocycles. The van der Waals surface area contributed by atoms with Crippen LogP contribution in [0, 0.1) is 5.82 Å². The molecule has 0 amide bonds. The molecule has 0 saturated carbocycles. The summed E-state index contributed by atoms with van der Waals surface area (Å²) in [5.74, 6) is -5.27. The number of benzene rings is 4. The average Bonchev–Trinajstić information content (AvgIpc) is 3.52. The lowest BCUT2D eigenvalue weighted by molar-refractivity contribution is -0.272. The number of aliphatic hydroxyl groups is 1. The lowest BCUT2D eigenvalue weighted by Gasteiger charge is -2.38. The van der Waals surface area contributed by atoms with E-state index in [1.807, 2.05) is 0 Å². The van der Waals surface area contributed by atoms with Crippen LogP contribution in [0.4, 0.5) is 17.6 Å². The fourth-order valence-electron chi connectivity index (χ4n) is 5.41. The number of H-pyrrole nitrogens is 1. The first-order chi connectivity index (χ1) is 20.8. The number of halogens is 5. The van der Waals surface area contributed by atoms with E-state index in [1.165, 1.54) is 30.3 Å². The second kappa shape index (κ2) is 10.6. The van der Waals surface area contributed by atoms with Crippen molar-refractivity contribution in [3.63, 3.8) is 0 Å². The largest absolute Gasteiger partial charge is 0.478 e. The molecule has 2 aromatic heterocycles. The summed E-state index contributed by atoms with van der Waals surface area (Å²) in [7, 11) is 0. The van der Waals surface area contributed by atoms with E-state index in [0.29, 0.717) is 16.5 Å². The van der Waals surface area contributed by atoms with E-state index in [0.717, 1.165) is 34.3 Å². The number of nitrogens with one attached hydrogen (secondary N) is 1. The van der Waals surface area contributed by atoms with Crippen LogP contribution in [0.5, 0.6) is 0 Å². The maximum Gasteiger partial charge on any atom is 0.430 e. The van der Waals surface area contributed by atoms with E-state index in [-0.39, 0.29) is 32.9 Å². The van der Waals surface area contributed by atoms with Crippen molar-refractivity contribution in [2.75, 3.05) is 0 Å². The highest BCUT2D eigenvalue weighted by molar-refractivity contribution is 7.78. The standard InChI is InChI=1S/C31H19ClF4N2O5S/c32-21-11-15(16-6-9-20(28(39)40)22(33)12-16)5-8-19(21)27(24-13-17-3-1-2-4-23(17)37-24)30(42,31(34,35)36)18-7-10-26-25(14-18)38(44)29(41)43-26/h1-14,27,37,42,44H,(H,39,40)/t27-,30+/m0/s1. The minimum atomic E-state index is -5.30. The molecule has 0 radical (unpaired) electrons. The summed E-state index contributed by atoms with van der Waals surface area (Å²) in [6.45, 7) is 0. The second-order valence-electron chi connectivity index (χ2n) is 10.1. The van der Waals surface area contributed by atoms with Gasteiger partial charge in [0.15, 0.2) is 11.2 Å². The van der Waals surface area contributed by atoms with E-state index in [4.69, 9.17) is 21.1 Å². The molecule has 4 aromatic carbocycles. The molecule has 44 heavy (non-hydrogen) atoms. The van der Waals surface area contributed by atoms with Crippen LogP contribution in [-0.2, 0) is 5.60 Å². The van der Waals surface area contributed by atoms with Crippen molar-refractivity contribution in [1.29, 1.82) is 0 Å². The first-order valence-electron chi connectivity index (χ1n) is 12.8. The molecule has 6 rings (SSSR count). The molecule has 0 aliphatic heterocycles. The van der Waals surface area contributed by atoms with Gasteiger partial charge >= 0.3 is 17.9 Å². The van der Waals surface area contributed by atoms with Gasteiger partial charge in [-0.15, -0.1) is 0 Å². The number of thiol groups is 1. The highest BCUT2D eigenvalue weighted by atomic mass is 35.5. The molecule has 2 atom stereocenters. The van der Waals surface area contributed by atoms with Crippen molar-refractivity contribution in [2.24, 2.45) is 0 Å². The van der Waals surface area contributed by atoms with Crippen molar-refractivity contribution in [2.45, 2.75) is 17.7 Å². The fraction of sp³-hybridized carbons (Fsp3) is 0.0968. The summed E-state index contributed by atoms with van der Waals surface area (Å²) in [5, 5.41) is 21.5. The van der Waals surface area contributed by atoms with Crippen molar-refractivity contribution in [3.05, 3.63) is 129 Å². The van der Waals surface area contributed by atoms with Gasteiger partial charge in [-0.1, -0.05) is 66.9 Å². The van der Waals surface area contributed by atoms with Crippen LogP contribution in [0.3, 0.4) is 0 Å². The topological polar surface area (TPSA) is 108 Å². The molecule has 3 N–H and O–H groups in total. The van der Waals surface area contributed by atoms with Gasteiger partial charge in [-0.2, -0.15) is 13.2 Å². The SMILES string of the molecule is O=C(O)c1ccc(-c2ccc([C@@H](c3cc4ccccc4[nH]3)[C@](O)(c3ccc4oc(=O)n(S)c4c3)C(F)(F)F)c(Cl)c2)cc1F. The molecule has 6 aromatic rings. The number of carbonyl (C=O) groups is 1. The number of aromatic carboxylic acids is 1. The number of hydrogen-bond acceptors (Lipinski definition) is 5. The normalized spacial score (nSPS) is 14.2. The molecule has 0 fully saturated rings. The number of fused-ring (bicyclic) bond motifs is 2. The van der Waals surface area contributed by atoms with Gasteiger partial charge in [0.25, 0.3) is 0 Å². The number of aromatic nitrogens is 2. The number of carboxylic acids is 1. The maximum absolute atomic E-state index is 15.3. The molecule has 0 spiro atoms. The van der Waals surface area contributed by atoms with E-state index >= 15 is 13.2 Å². The monoisotopic (exact) mass is 642 g/mol. The predicted molar refractivity (Wildman–Crippen MR) is 159 cm³/mol. The number of hydrogen-bond donors (Lipinski definition) is 4. The highest BCUT2D eigenvalue weighted by Gasteiger charge is 2.61. The Kier molecular flexibility index (Phi) is 7.10. The third-order valence-electron chi connectivity index (χ3n) is 7.55. The van der Waals surface area contributed by atoms with Gasteiger partial charge in [-0.25, -0.2) is 18.0 Å². The van der Waals surface area contributed by atoms with Crippen LogP contribution in [0.15, 0.2) is 94.1 Å². The predicted octanol–water partition coefficient (Wildman–Crippen LogP) is 7.51. The van der Waals surface area contributed by atoms with E-state index in [1.54, 1.807) is 24.3 Å². The summed E-state index contributed by atoms with van der Waals surface area (Å²) >= 11 is 10.7. The zero-order chi connectivity index (χ0) is 31.6. The van der Waals surface area contributed by atoms with Crippen LogP contribution in [0.1, 0.15) is 33.1 Å². The Hall–Kier alpha value is -4.52. The zero-order valence-electron chi connectivity index (χ0n) is 22.1. The maximum atomic E-state index is 15.3. The van der Waals surface area contributed by atoms with Crippen LogP contribution in [-0.4, -0.2) is 31.3 Å². The number of rotatable bonds is 6. The van der Waals surface area contributed by atoms with Crippen LogP contribution in [0.2, 0.25) is 5.02 Å². The summed E-state index contributed by atoms with van der Waals surface area (Å²) in [5.41, 5.74) is -4.04. The Labute approximate surface area is 255 Å². The third kappa shape index (κ3) is 4.75. The smallest absolute Gasteiger partial charge is 0.430 e. The zero-order valence-corrected chi connectivity index (χ0v) is 23.7. The molecule has 0 unspecified atom stereocenters. The Morgan fingerprint density at radius 2 is 1.68 bits per heavy atom. The van der Waals surface area contributed by atoms with E-state index < -0.39 is 46.4 Å². The number of oxazole rings is 1. The average molecular weight is 643 g/mol. The lowest BCUT2D eigenvalue weighted by atomic mass is 9.74. The quantitative estimate of drug-likeness (QED) is 0.111. The van der Waals surface area contributed by atoms with Gasteiger partial charge in [0.2, 0.25) is 0 Å². The minimum absolute atomic E-state index is 0.0203. The Balaban J connectivity index is 1.59. The molecule has 0 saturated heterocycles. The fourth-order valence-corrected chi connectivity index (χ4v) is 5.90. The lowest BCUT2D eigenvalue weighted by Crippen LogP contribution is -2.48. The number of nitrogens with zero attached hydrogens (tertiary/aromatic N) is 1. The van der Waals surface area contributed by atoms with E-state index in [9.17, 15) is 19.1 Å². The van der Waals surface area contributed by atoms with Crippen molar-refractivity contribution < 1.29 is 37.0 Å². The number of alkyl halides is 3. The van der Waals surface area contributed by atoms with Gasteiger partial charge in [0.05, 0.1) is 11.5 Å². The van der Waals surface area contributed by atoms with Gasteiger partial charge in [-0.3, -0.25) is 0 Å². The van der Waals surface area contributed by atoms with Crippen LogP contribution < -0.4 is 5.76 Å². The van der Waals surface area contributed by atoms with Gasteiger partial charge in [0.1, 0.15) is 11.3 Å². The third-order valence-corrected chi connectivity index (χ3v) is 8.26. The van der Waals surface area contributed by atoms with Gasteiger partial charge in [0, 0.05) is 16.2 Å². The summed E-state index contributed by atoms with van der Waals surface area (Å²) < 4.78 is 66.0. The van der Waals surface area contributed by atoms with Crippen LogP contribution in [0.25, 0.3) is 33.1 Å². The summed E-state index contributed by atoms with van der Waals surface area (Å²) in [4.78, 5) is 26.2. The molecule has 2 heterocycles. The van der Waals surface area contributed by atoms with Gasteiger partial charge < -0.3 is 19.6 Å². The van der Waals surface area contributed by atoms with Crippen molar-refractivity contribution >= 4 is 52.4 Å². The number of para-hydroxylation sites is 1. The first-order valence-corrected chi connectivity index (χ1v) is 13.6. The molecule has 224 valence electrons. The number of carboxylic acid groups (broad SMARTS) is 1. The Morgan fingerprint density at radius 3 is 2.34 bits per heavy atom. The van der Waals surface area contributed by atoms with Gasteiger partial charge in [-0.05, 0) is 70.1 Å². The Morgan fingerprint density at radius 1 is 0.977 bits per heavy atom. The van der Waals surface area contributed by atoms with Crippen molar-refractivity contribution in [3.8, 4) is 11.1 Å². The molecule has 0 aliphatic rings. The molecule has 7 nitrogen and oxygen atoms in total. The summed E-state index contributed by atoms with van der Waals surface area (Å²) in [6.07, 6.45) is -5.30. The molecule has 0 bridgehead atoms. The Bertz CT molecular complexity index is 2120. The van der Waals surface area contributed by atoms with Crippen LogP contribution >= 0.6 is 24.4 Å². The second-order valence-corrected chi connectivity index (χ2v) is 10.9. The molecular formula is C31H19ClF4N2O5S. The van der Waals surface area contributed by atoms with Crippen molar-refractivity contribution in [1.82, 2.24) is 8.96 Å². The summed E-state index contributed by atoms with van der Waals surface area (Å²) in [6, 6.07) is 18.8. The minimum Gasteiger partial charge on any atom is -0.478 e. The highest BCUT2D eigenvalue weighted by Crippen LogP contribution is 2.53. The molecular weight excluding hydrogens is 624 g/mol. The first kappa shape index (κ1) is 29.5. The molecule has 13 heteroatoms. The van der Waals surface area contributed by atoms with E-state index in [2.05, 4.69) is 17.8 Å². The number of aromatic amines is 1.